The Morgan fingerprint density at radius 3 is 1.69 bits per heavy atom. The lowest BCUT2D eigenvalue weighted by Gasteiger charge is -2.15. The third-order valence-electron chi connectivity index (χ3n) is 10.6. The van der Waals surface area contributed by atoms with Gasteiger partial charge in [0.05, 0.1) is 22.4 Å². The second-order valence-corrected chi connectivity index (χ2v) is 13.7. The molecule has 0 aliphatic rings. The summed E-state index contributed by atoms with van der Waals surface area (Å²) in [6, 6.07) is 66.1. The number of furan rings is 1. The first-order chi connectivity index (χ1) is 26.8. The van der Waals surface area contributed by atoms with Gasteiger partial charge in [0.15, 0.2) is 5.82 Å². The normalized spacial score (nSPS) is 11.7. The van der Waals surface area contributed by atoms with Gasteiger partial charge >= 0.3 is 0 Å². The van der Waals surface area contributed by atoms with Crippen LogP contribution in [0.5, 0.6) is 0 Å². The van der Waals surface area contributed by atoms with Crippen LogP contribution in [0.1, 0.15) is 0 Å². The van der Waals surface area contributed by atoms with E-state index in [1.807, 2.05) is 30.3 Å². The molecule has 0 fully saturated rings. The lowest BCUT2D eigenvalue weighted by atomic mass is 9.93. The largest absolute Gasteiger partial charge is 0.455 e. The van der Waals surface area contributed by atoms with Crippen molar-refractivity contribution in [3.8, 4) is 50.7 Å². The molecule has 252 valence electrons. The van der Waals surface area contributed by atoms with Crippen LogP contribution in [0.3, 0.4) is 0 Å². The van der Waals surface area contributed by atoms with Crippen LogP contribution in [-0.2, 0) is 0 Å². The van der Waals surface area contributed by atoms with E-state index < -0.39 is 0 Å². The zero-order chi connectivity index (χ0) is 35.6. The lowest BCUT2D eigenvalue weighted by Crippen LogP contribution is -1.97. The molecule has 0 unspecified atom stereocenters. The van der Waals surface area contributed by atoms with Gasteiger partial charge in [-0.05, 0) is 64.4 Å². The first-order valence-electron chi connectivity index (χ1n) is 18.2. The molecule has 0 saturated heterocycles. The van der Waals surface area contributed by atoms with Crippen molar-refractivity contribution in [1.82, 2.24) is 14.5 Å². The first-order valence-corrected chi connectivity index (χ1v) is 18.2. The number of fused-ring (bicyclic) bond motifs is 7. The minimum absolute atomic E-state index is 0.670. The number of rotatable bonds is 5. The average Bonchev–Trinajstić information content (AvgIpc) is 3.80. The van der Waals surface area contributed by atoms with Gasteiger partial charge in [-0.15, -0.1) is 0 Å². The summed E-state index contributed by atoms with van der Waals surface area (Å²) < 4.78 is 8.86. The molecule has 11 rings (SSSR count). The van der Waals surface area contributed by atoms with E-state index in [9.17, 15) is 0 Å². The Balaban J connectivity index is 1.10. The average molecular weight is 690 g/mol. The highest BCUT2D eigenvalue weighted by atomic mass is 16.3. The molecule has 0 radical (unpaired) electrons. The van der Waals surface area contributed by atoms with Crippen molar-refractivity contribution >= 4 is 54.5 Å². The van der Waals surface area contributed by atoms with Gasteiger partial charge in [0.1, 0.15) is 11.2 Å². The Hall–Kier alpha value is -7.30. The van der Waals surface area contributed by atoms with Gasteiger partial charge in [-0.1, -0.05) is 146 Å². The third kappa shape index (κ3) is 4.78. The van der Waals surface area contributed by atoms with Gasteiger partial charge in [0, 0.05) is 43.9 Å². The Morgan fingerprint density at radius 2 is 0.926 bits per heavy atom. The Morgan fingerprint density at radius 1 is 0.370 bits per heavy atom. The molecule has 4 heteroatoms. The molecule has 0 aliphatic heterocycles. The summed E-state index contributed by atoms with van der Waals surface area (Å²) in [6.45, 7) is 0. The molecule has 0 N–H and O–H groups in total. The SMILES string of the molecule is c1ccc(-c2nc(-c3ccc(-c4cccc(-n5c6ccccc6c6ccccc65)c4)c4ccccc34)cc(-c3cccc4c3oc3ccccc34)n2)cc1. The van der Waals surface area contributed by atoms with E-state index in [2.05, 4.69) is 162 Å². The van der Waals surface area contributed by atoms with Crippen molar-refractivity contribution in [3.63, 3.8) is 0 Å². The summed E-state index contributed by atoms with van der Waals surface area (Å²) in [5.41, 5.74) is 12.1. The minimum Gasteiger partial charge on any atom is -0.455 e. The van der Waals surface area contributed by atoms with Crippen LogP contribution in [-0.4, -0.2) is 14.5 Å². The highest BCUT2D eigenvalue weighted by molar-refractivity contribution is 6.11. The van der Waals surface area contributed by atoms with Crippen LogP contribution in [0.15, 0.2) is 192 Å². The van der Waals surface area contributed by atoms with Crippen molar-refractivity contribution in [2.45, 2.75) is 0 Å². The number of aromatic nitrogens is 3. The van der Waals surface area contributed by atoms with Crippen LogP contribution >= 0.6 is 0 Å². The smallest absolute Gasteiger partial charge is 0.160 e. The van der Waals surface area contributed by atoms with Crippen molar-refractivity contribution < 1.29 is 4.42 Å². The van der Waals surface area contributed by atoms with Gasteiger partial charge in [-0.3, -0.25) is 0 Å². The molecule has 11 aromatic rings. The molecule has 0 amide bonds. The maximum Gasteiger partial charge on any atom is 0.160 e. The standard InChI is InChI=1S/C50H31N3O/c1-2-14-32(15-3-1)50-51-44(31-45(52-50)43-24-13-23-42-41-22-8-11-27-48(41)54-49(42)43)38-29-28-35(36-18-4-5-19-37(36)38)33-16-12-17-34(30-33)53-46-25-9-6-20-39(46)40-21-7-10-26-47(40)53/h1-31H. The van der Waals surface area contributed by atoms with Crippen molar-refractivity contribution in [2.75, 3.05) is 0 Å². The van der Waals surface area contributed by atoms with E-state index in [4.69, 9.17) is 14.4 Å². The molecule has 0 atom stereocenters. The van der Waals surface area contributed by atoms with E-state index in [1.165, 1.54) is 27.4 Å². The molecule has 3 aromatic heterocycles. The summed E-state index contributed by atoms with van der Waals surface area (Å²) in [6.07, 6.45) is 0. The maximum absolute atomic E-state index is 6.49. The lowest BCUT2D eigenvalue weighted by molar-refractivity contribution is 0.670. The van der Waals surface area contributed by atoms with Crippen LogP contribution in [0, 0.1) is 0 Å². The highest BCUT2D eigenvalue weighted by Crippen LogP contribution is 2.40. The van der Waals surface area contributed by atoms with Crippen molar-refractivity contribution in [3.05, 3.63) is 188 Å². The van der Waals surface area contributed by atoms with E-state index in [1.54, 1.807) is 0 Å². The molecule has 0 saturated carbocycles. The minimum atomic E-state index is 0.670. The molecule has 54 heavy (non-hydrogen) atoms. The van der Waals surface area contributed by atoms with Crippen molar-refractivity contribution in [2.24, 2.45) is 0 Å². The summed E-state index contributed by atoms with van der Waals surface area (Å²) in [7, 11) is 0. The quantitative estimate of drug-likeness (QED) is 0.181. The molecule has 8 aromatic carbocycles. The molecular formula is C50H31N3O. The van der Waals surface area contributed by atoms with Crippen LogP contribution in [0.2, 0.25) is 0 Å². The maximum atomic E-state index is 6.49. The predicted octanol–water partition coefficient (Wildman–Crippen LogP) is 13.3. The Labute approximate surface area is 311 Å². The Kier molecular flexibility index (Phi) is 6.82. The van der Waals surface area contributed by atoms with Gasteiger partial charge in [-0.2, -0.15) is 0 Å². The number of nitrogens with zero attached hydrogens (tertiary/aromatic N) is 3. The number of benzene rings is 8. The van der Waals surface area contributed by atoms with Crippen LogP contribution < -0.4 is 0 Å². The number of hydrogen-bond donors (Lipinski definition) is 0. The second-order valence-electron chi connectivity index (χ2n) is 13.7. The van der Waals surface area contributed by atoms with Gasteiger partial charge < -0.3 is 8.98 Å². The molecule has 4 nitrogen and oxygen atoms in total. The summed E-state index contributed by atoms with van der Waals surface area (Å²) in [5.74, 6) is 0.670. The zero-order valence-corrected chi connectivity index (χ0v) is 29.1. The number of para-hydroxylation sites is 4. The zero-order valence-electron chi connectivity index (χ0n) is 29.1. The van der Waals surface area contributed by atoms with Crippen LogP contribution in [0.4, 0.5) is 0 Å². The molecule has 0 bridgehead atoms. The Bertz CT molecular complexity index is 3170. The fourth-order valence-corrected chi connectivity index (χ4v) is 8.18. The van der Waals surface area contributed by atoms with Crippen molar-refractivity contribution in [1.29, 1.82) is 0 Å². The first kappa shape index (κ1) is 30.3. The fraction of sp³-hybridized carbons (Fsp3) is 0. The van der Waals surface area contributed by atoms with E-state index in [-0.39, 0.29) is 0 Å². The molecule has 0 spiro atoms. The second kappa shape index (κ2) is 12.1. The molecule has 0 aliphatic carbocycles. The summed E-state index contributed by atoms with van der Waals surface area (Å²) >= 11 is 0. The van der Waals surface area contributed by atoms with E-state index in [0.29, 0.717) is 5.82 Å². The van der Waals surface area contributed by atoms with E-state index in [0.717, 1.165) is 72.0 Å². The number of hydrogen-bond acceptors (Lipinski definition) is 3. The monoisotopic (exact) mass is 689 g/mol. The van der Waals surface area contributed by atoms with E-state index >= 15 is 0 Å². The fourth-order valence-electron chi connectivity index (χ4n) is 8.18. The van der Waals surface area contributed by atoms with Gasteiger partial charge in [-0.25, -0.2) is 9.97 Å². The van der Waals surface area contributed by atoms with Crippen LogP contribution in [0.25, 0.3) is 105 Å². The van der Waals surface area contributed by atoms with Gasteiger partial charge in [0.25, 0.3) is 0 Å². The molecule has 3 heterocycles. The highest BCUT2D eigenvalue weighted by Gasteiger charge is 2.19. The summed E-state index contributed by atoms with van der Waals surface area (Å²) in [4.78, 5) is 10.4. The van der Waals surface area contributed by atoms with Gasteiger partial charge in [0.2, 0.25) is 0 Å². The third-order valence-corrected chi connectivity index (χ3v) is 10.6. The topological polar surface area (TPSA) is 43.9 Å². The predicted molar refractivity (Wildman–Crippen MR) is 223 cm³/mol. The molecular weight excluding hydrogens is 659 g/mol. The summed E-state index contributed by atoms with van der Waals surface area (Å²) in [5, 5.41) is 6.96.